The molecule has 8 heavy (non-hydrogen) atoms. The van der Waals surface area contributed by atoms with Crippen molar-refractivity contribution in [1.29, 1.82) is 0 Å². The number of hydrogen-bond acceptors (Lipinski definition) is 4. The second kappa shape index (κ2) is 2.67. The molecule has 1 saturated heterocycles. The van der Waals surface area contributed by atoms with Gasteiger partial charge >= 0.3 is 10.4 Å². The Labute approximate surface area is 54.6 Å². The second-order valence-electron chi connectivity index (χ2n) is 1.05. The lowest BCUT2D eigenvalue weighted by Gasteiger charge is -1.82. The summed E-state index contributed by atoms with van der Waals surface area (Å²) in [5.74, 6) is 0. The zero-order chi connectivity index (χ0) is 5.33. The van der Waals surface area contributed by atoms with Crippen LogP contribution in [0, 0.1) is 0 Å². The number of rotatable bonds is 0. The van der Waals surface area contributed by atoms with E-state index < -0.39 is 10.4 Å². The maximum absolute atomic E-state index is 9.99. The van der Waals surface area contributed by atoms with E-state index in [1.165, 1.54) is 0 Å². The minimum absolute atomic E-state index is 0. The van der Waals surface area contributed by atoms with Gasteiger partial charge in [0.15, 0.2) is 0 Å². The zero-order valence-electron chi connectivity index (χ0n) is 3.96. The Hall–Kier alpha value is 0.220. The van der Waals surface area contributed by atoms with Crippen molar-refractivity contribution in [2.75, 3.05) is 13.2 Å². The molecular formula is C2H6O4S2. The van der Waals surface area contributed by atoms with Crippen LogP contribution < -0.4 is 0 Å². The molecule has 0 aromatic carbocycles. The quantitative estimate of drug-likeness (QED) is 0.472. The molecule has 1 aliphatic heterocycles. The van der Waals surface area contributed by atoms with Gasteiger partial charge in [-0.05, 0) is 0 Å². The van der Waals surface area contributed by atoms with Crippen LogP contribution in [0.25, 0.3) is 0 Å². The van der Waals surface area contributed by atoms with Gasteiger partial charge in [0, 0.05) is 0 Å². The Balaban J connectivity index is 0.000000490. The SMILES string of the molecule is O=S1(=O)OCCO1.S. The molecule has 1 aliphatic rings. The fraction of sp³-hybridized carbons (Fsp3) is 1.00. The smallest absolute Gasteiger partial charge is 0.246 e. The predicted octanol–water partition coefficient (Wildman–Crippen LogP) is -0.609. The number of hydrogen-bond donors (Lipinski definition) is 0. The van der Waals surface area contributed by atoms with Gasteiger partial charge in [0.05, 0.1) is 13.2 Å². The van der Waals surface area contributed by atoms with Crippen molar-refractivity contribution in [3.8, 4) is 0 Å². The Kier molecular flexibility index (Phi) is 2.75. The maximum Gasteiger partial charge on any atom is 0.400 e. The highest BCUT2D eigenvalue weighted by Crippen LogP contribution is 2.02. The molecule has 1 rings (SSSR count). The first kappa shape index (κ1) is 8.22. The lowest BCUT2D eigenvalue weighted by atomic mass is 10.8. The average Bonchev–Trinajstić information content (AvgIpc) is 1.84. The van der Waals surface area contributed by atoms with Crippen LogP contribution in [0.1, 0.15) is 0 Å². The fourth-order valence-electron chi connectivity index (χ4n) is 0.306. The fourth-order valence-corrected chi connectivity index (χ4v) is 0.919. The monoisotopic (exact) mass is 158 g/mol. The van der Waals surface area contributed by atoms with Crippen molar-refractivity contribution < 1.29 is 16.8 Å². The molecule has 0 spiro atoms. The van der Waals surface area contributed by atoms with E-state index in [0.717, 1.165) is 0 Å². The summed E-state index contributed by atoms with van der Waals surface area (Å²) in [6.07, 6.45) is 0. The van der Waals surface area contributed by atoms with Crippen LogP contribution in [0.2, 0.25) is 0 Å². The standard InChI is InChI=1S/C2H4O4S.H2S/c3-7(4)5-1-2-6-7;/h1-2H2;1H2. The summed E-state index contributed by atoms with van der Waals surface area (Å²) in [4.78, 5) is 0. The van der Waals surface area contributed by atoms with E-state index in [1.807, 2.05) is 0 Å². The molecular weight excluding hydrogens is 152 g/mol. The molecule has 0 unspecified atom stereocenters. The summed E-state index contributed by atoms with van der Waals surface area (Å²) in [6, 6.07) is 0. The van der Waals surface area contributed by atoms with E-state index in [9.17, 15) is 8.42 Å². The Morgan fingerprint density at radius 2 is 1.50 bits per heavy atom. The van der Waals surface area contributed by atoms with Crippen LogP contribution in [0.3, 0.4) is 0 Å². The van der Waals surface area contributed by atoms with Crippen molar-refractivity contribution >= 4 is 23.9 Å². The molecule has 0 aliphatic carbocycles. The van der Waals surface area contributed by atoms with Crippen molar-refractivity contribution in [2.24, 2.45) is 0 Å². The van der Waals surface area contributed by atoms with Crippen molar-refractivity contribution in [2.45, 2.75) is 0 Å². The molecule has 1 fully saturated rings. The lowest BCUT2D eigenvalue weighted by Crippen LogP contribution is -1.94. The molecule has 50 valence electrons. The first-order valence-electron chi connectivity index (χ1n) is 1.74. The summed E-state index contributed by atoms with van der Waals surface area (Å²) in [5, 5.41) is 0. The Bertz CT molecular complexity index is 135. The van der Waals surface area contributed by atoms with Gasteiger partial charge in [-0.2, -0.15) is 21.9 Å². The van der Waals surface area contributed by atoms with E-state index in [4.69, 9.17) is 0 Å². The highest BCUT2D eigenvalue weighted by Gasteiger charge is 2.17. The van der Waals surface area contributed by atoms with E-state index >= 15 is 0 Å². The molecule has 0 N–H and O–H groups in total. The van der Waals surface area contributed by atoms with Gasteiger partial charge in [-0.25, -0.2) is 8.37 Å². The van der Waals surface area contributed by atoms with Gasteiger partial charge in [0.2, 0.25) is 0 Å². The van der Waals surface area contributed by atoms with Gasteiger partial charge in [-0.3, -0.25) is 0 Å². The summed E-state index contributed by atoms with van der Waals surface area (Å²) < 4.78 is 28.2. The van der Waals surface area contributed by atoms with Crippen molar-refractivity contribution in [3.05, 3.63) is 0 Å². The third-order valence-electron chi connectivity index (χ3n) is 0.539. The van der Waals surface area contributed by atoms with Crippen molar-refractivity contribution in [1.82, 2.24) is 0 Å². The normalized spacial score (nSPS) is 24.5. The lowest BCUT2D eigenvalue weighted by molar-refractivity contribution is 0.360. The molecule has 0 saturated carbocycles. The van der Waals surface area contributed by atoms with Crippen LogP contribution >= 0.6 is 13.5 Å². The molecule has 0 aromatic heterocycles. The predicted molar refractivity (Wildman–Crippen MR) is 31.2 cm³/mol. The van der Waals surface area contributed by atoms with Crippen LogP contribution in [0.15, 0.2) is 0 Å². The first-order chi connectivity index (χ1) is 3.21. The second-order valence-corrected chi connectivity index (χ2v) is 2.34. The molecule has 0 amide bonds. The highest BCUT2D eigenvalue weighted by atomic mass is 32.3. The Morgan fingerprint density at radius 1 is 1.12 bits per heavy atom. The summed E-state index contributed by atoms with van der Waals surface area (Å²) in [5.41, 5.74) is 0. The zero-order valence-corrected chi connectivity index (χ0v) is 5.77. The molecule has 0 radical (unpaired) electrons. The highest BCUT2D eigenvalue weighted by molar-refractivity contribution is 7.82. The molecule has 0 aromatic rings. The molecule has 6 heteroatoms. The Morgan fingerprint density at radius 3 is 1.62 bits per heavy atom. The van der Waals surface area contributed by atoms with Gasteiger partial charge in [-0.15, -0.1) is 0 Å². The minimum atomic E-state index is -3.55. The van der Waals surface area contributed by atoms with Gasteiger partial charge in [0.1, 0.15) is 0 Å². The van der Waals surface area contributed by atoms with Gasteiger partial charge in [-0.1, -0.05) is 0 Å². The van der Waals surface area contributed by atoms with Crippen LogP contribution in [-0.4, -0.2) is 21.6 Å². The van der Waals surface area contributed by atoms with Gasteiger partial charge < -0.3 is 0 Å². The summed E-state index contributed by atoms with van der Waals surface area (Å²) in [7, 11) is -3.55. The van der Waals surface area contributed by atoms with E-state index in [1.54, 1.807) is 0 Å². The summed E-state index contributed by atoms with van der Waals surface area (Å²) in [6.45, 7) is 0.310. The molecule has 0 atom stereocenters. The van der Waals surface area contributed by atoms with E-state index in [2.05, 4.69) is 8.37 Å². The molecule has 0 bridgehead atoms. The third-order valence-corrected chi connectivity index (χ3v) is 1.45. The largest absolute Gasteiger partial charge is 0.400 e. The molecule has 4 nitrogen and oxygen atoms in total. The van der Waals surface area contributed by atoms with E-state index in [0.29, 0.717) is 0 Å². The minimum Gasteiger partial charge on any atom is -0.246 e. The maximum atomic E-state index is 9.99. The molecule has 1 heterocycles. The van der Waals surface area contributed by atoms with Crippen LogP contribution in [-0.2, 0) is 18.8 Å². The summed E-state index contributed by atoms with van der Waals surface area (Å²) >= 11 is 0. The average molecular weight is 158 g/mol. The van der Waals surface area contributed by atoms with Crippen LogP contribution in [0.4, 0.5) is 0 Å². The third kappa shape index (κ3) is 1.99. The van der Waals surface area contributed by atoms with Gasteiger partial charge in [0.25, 0.3) is 0 Å². The topological polar surface area (TPSA) is 52.6 Å². The van der Waals surface area contributed by atoms with E-state index in [-0.39, 0.29) is 26.7 Å². The van der Waals surface area contributed by atoms with Crippen LogP contribution in [0.5, 0.6) is 0 Å². The van der Waals surface area contributed by atoms with Crippen molar-refractivity contribution in [3.63, 3.8) is 0 Å². The first-order valence-corrected chi connectivity index (χ1v) is 3.08.